The van der Waals surface area contributed by atoms with Gasteiger partial charge in [0.05, 0.1) is 18.4 Å². The van der Waals surface area contributed by atoms with Crippen molar-refractivity contribution in [2.24, 2.45) is 39.5 Å². The van der Waals surface area contributed by atoms with Crippen LogP contribution in [-0.4, -0.2) is 71.1 Å². The lowest BCUT2D eigenvalue weighted by Gasteiger charge is -2.60. The number of carbonyl (C=O) groups excluding carboxylic acids is 1. The van der Waals surface area contributed by atoms with Crippen LogP contribution in [0.3, 0.4) is 0 Å². The Labute approximate surface area is 235 Å². The van der Waals surface area contributed by atoms with Gasteiger partial charge in [-0.15, -0.1) is 0 Å². The van der Waals surface area contributed by atoms with Gasteiger partial charge in [0.2, 0.25) is 0 Å². The number of hydrogen-bond donors (Lipinski definition) is 5. The fraction of sp³-hybridized carbons (Fsp3) is 0.613. The average Bonchev–Trinajstić information content (AvgIpc) is 3.19. The van der Waals surface area contributed by atoms with Crippen LogP contribution in [0.4, 0.5) is 5.69 Å². The third-order valence-corrected chi connectivity index (χ3v) is 10.7. The molecule has 0 saturated heterocycles. The van der Waals surface area contributed by atoms with Crippen molar-refractivity contribution in [3.63, 3.8) is 0 Å². The first-order valence-corrected chi connectivity index (χ1v) is 14.3. The zero-order chi connectivity index (χ0) is 28.9. The number of aliphatic carboxylic acids is 1. The van der Waals surface area contributed by atoms with Crippen molar-refractivity contribution in [3.05, 3.63) is 41.5 Å². The summed E-state index contributed by atoms with van der Waals surface area (Å²) in [7, 11) is 1.58. The molecule has 1 aromatic rings. The van der Waals surface area contributed by atoms with E-state index in [1.54, 1.807) is 25.3 Å². The maximum Gasteiger partial charge on any atom is 0.336 e. The molecule has 1 aromatic carbocycles. The van der Waals surface area contributed by atoms with Crippen LogP contribution >= 0.6 is 0 Å². The fourth-order valence-corrected chi connectivity index (χ4v) is 8.68. The third kappa shape index (κ3) is 4.43. The number of aliphatic hydroxyl groups is 2. The number of carbonyl (C=O) groups is 2. The molecule has 0 aromatic heterocycles. The zero-order valence-electron chi connectivity index (χ0n) is 23.5. The molecule has 5 rings (SSSR count). The third-order valence-electron chi connectivity index (χ3n) is 10.7. The Balaban J connectivity index is 1.44. The van der Waals surface area contributed by atoms with E-state index in [0.29, 0.717) is 37.2 Å². The summed E-state index contributed by atoms with van der Waals surface area (Å²) < 4.78 is 5.00. The van der Waals surface area contributed by atoms with Gasteiger partial charge in [0, 0.05) is 42.5 Å². The summed E-state index contributed by atoms with van der Waals surface area (Å²) in [5, 5.41) is 43.8. The molecular weight excluding hydrogens is 510 g/mol. The molecule has 0 bridgehead atoms. The van der Waals surface area contributed by atoms with Crippen molar-refractivity contribution in [3.8, 4) is 0 Å². The zero-order valence-corrected chi connectivity index (χ0v) is 23.5. The molecule has 40 heavy (non-hydrogen) atoms. The number of hydrogen-bond acceptors (Lipinski definition) is 7. The lowest BCUT2D eigenvalue weighted by molar-refractivity contribution is -0.194. The summed E-state index contributed by atoms with van der Waals surface area (Å²) in [6.45, 7) is 4.87. The highest BCUT2D eigenvalue weighted by Crippen LogP contribution is 2.67. The number of rotatable bonds is 7. The van der Waals surface area contributed by atoms with E-state index in [2.05, 4.69) is 18.3 Å². The Hall–Kier alpha value is -2.88. The molecule has 8 atom stereocenters. The topological polar surface area (TPSA) is 152 Å². The van der Waals surface area contributed by atoms with Crippen LogP contribution in [0, 0.1) is 39.9 Å². The number of methoxy groups -OCH3 is 1. The predicted molar refractivity (Wildman–Crippen MR) is 151 cm³/mol. The second kappa shape index (κ2) is 10.5. The Bertz CT molecular complexity index is 1260. The molecule has 0 heterocycles. The first-order valence-electron chi connectivity index (χ1n) is 14.3. The fourth-order valence-electron chi connectivity index (χ4n) is 8.68. The molecule has 4 aliphatic carbocycles. The minimum atomic E-state index is -1.82. The normalized spacial score (nSPS) is 39.5. The van der Waals surface area contributed by atoms with Gasteiger partial charge in [0.25, 0.3) is 5.91 Å². The van der Waals surface area contributed by atoms with Crippen molar-refractivity contribution in [1.82, 2.24) is 5.32 Å². The van der Waals surface area contributed by atoms with Gasteiger partial charge < -0.3 is 30.8 Å². The molecule has 4 aliphatic rings. The van der Waals surface area contributed by atoms with Crippen molar-refractivity contribution < 1.29 is 29.6 Å². The highest BCUT2D eigenvalue weighted by Gasteiger charge is 2.69. The Kier molecular flexibility index (Phi) is 7.52. The summed E-state index contributed by atoms with van der Waals surface area (Å²) in [6, 6.07) is 7.13. The number of carboxylic acids is 1. The smallest absolute Gasteiger partial charge is 0.336 e. The van der Waals surface area contributed by atoms with Crippen molar-refractivity contribution in [1.29, 1.82) is 5.41 Å². The van der Waals surface area contributed by atoms with Crippen LogP contribution in [0.5, 0.6) is 0 Å². The lowest BCUT2D eigenvalue weighted by Crippen LogP contribution is -2.62. The van der Waals surface area contributed by atoms with E-state index in [1.807, 2.05) is 13.0 Å². The second-order valence-corrected chi connectivity index (χ2v) is 12.6. The number of allylic oxidation sites excluding steroid dienone is 2. The summed E-state index contributed by atoms with van der Waals surface area (Å²) in [5.74, 6) is -1.61. The Morgan fingerprint density at radius 2 is 2.02 bits per heavy atom. The monoisotopic (exact) mass is 551 g/mol. The standard InChI is InChI=1S/C31H41N3O6/c1-29-15-19(17-32)24(34-21-6-4-5-18(13-21)27(36)33-11-12-40-3)14-20(29)7-8-22-23-9-10-31(39,28(37)38)30(23,2)16-25(35)26(22)29/h4-6,13-14,17,19,22-23,25-26,32,35,39H,7-12,15-16H2,1-3H3,(H,33,36)(H,37,38). The van der Waals surface area contributed by atoms with E-state index in [0.717, 1.165) is 18.6 Å². The number of nitrogens with one attached hydrogen (secondary N) is 2. The van der Waals surface area contributed by atoms with E-state index in [9.17, 15) is 24.9 Å². The second-order valence-electron chi connectivity index (χ2n) is 12.6. The van der Waals surface area contributed by atoms with Gasteiger partial charge in [0.1, 0.15) is 0 Å². The molecule has 9 heteroatoms. The number of amides is 1. The molecule has 0 spiro atoms. The minimum Gasteiger partial charge on any atom is -0.479 e. The van der Waals surface area contributed by atoms with Gasteiger partial charge in [-0.25, -0.2) is 4.79 Å². The number of aliphatic hydroxyl groups excluding tert-OH is 1. The van der Waals surface area contributed by atoms with Crippen LogP contribution in [0.15, 0.2) is 40.9 Å². The number of benzene rings is 1. The number of aliphatic imine (C=N–C) groups is 1. The summed E-state index contributed by atoms with van der Waals surface area (Å²) in [6.07, 6.45) is 6.10. The number of ether oxygens (including phenoxy) is 1. The van der Waals surface area contributed by atoms with E-state index in [-0.39, 0.29) is 47.8 Å². The largest absolute Gasteiger partial charge is 0.479 e. The Morgan fingerprint density at radius 1 is 1.25 bits per heavy atom. The van der Waals surface area contributed by atoms with Crippen molar-refractivity contribution >= 4 is 29.5 Å². The molecule has 9 nitrogen and oxygen atoms in total. The van der Waals surface area contributed by atoms with Gasteiger partial charge in [-0.05, 0) is 86.0 Å². The lowest BCUT2D eigenvalue weighted by atomic mass is 9.45. The molecule has 0 radical (unpaired) electrons. The molecule has 1 amide bonds. The number of fused-ring (bicyclic) bond motifs is 5. The van der Waals surface area contributed by atoms with Crippen molar-refractivity contribution in [2.45, 2.75) is 64.1 Å². The van der Waals surface area contributed by atoms with Gasteiger partial charge in [0.15, 0.2) is 5.60 Å². The molecular formula is C31H41N3O6. The van der Waals surface area contributed by atoms with Crippen LogP contribution < -0.4 is 5.32 Å². The van der Waals surface area contributed by atoms with Gasteiger partial charge in [-0.3, -0.25) is 9.79 Å². The molecule has 3 saturated carbocycles. The number of carboxylic acid groups (broad SMARTS) is 1. The highest BCUT2D eigenvalue weighted by molar-refractivity contribution is 6.08. The maximum atomic E-state index is 12.5. The summed E-state index contributed by atoms with van der Waals surface area (Å²) in [4.78, 5) is 29.5. The first-order chi connectivity index (χ1) is 19.0. The van der Waals surface area contributed by atoms with E-state index < -0.39 is 23.1 Å². The van der Waals surface area contributed by atoms with E-state index >= 15 is 0 Å². The number of nitrogens with zero attached hydrogens (tertiary/aromatic N) is 1. The summed E-state index contributed by atoms with van der Waals surface area (Å²) >= 11 is 0. The van der Waals surface area contributed by atoms with E-state index in [4.69, 9.17) is 15.1 Å². The van der Waals surface area contributed by atoms with Gasteiger partial charge in [-0.1, -0.05) is 25.5 Å². The first kappa shape index (κ1) is 28.6. The molecule has 8 unspecified atom stereocenters. The quantitative estimate of drug-likeness (QED) is 0.257. The summed E-state index contributed by atoms with van der Waals surface area (Å²) in [5.41, 5.74) is 0.0621. The molecule has 3 fully saturated rings. The van der Waals surface area contributed by atoms with Gasteiger partial charge >= 0.3 is 5.97 Å². The predicted octanol–water partition coefficient (Wildman–Crippen LogP) is 3.76. The maximum absolute atomic E-state index is 12.5. The van der Waals surface area contributed by atoms with Crippen LogP contribution in [-0.2, 0) is 9.53 Å². The highest BCUT2D eigenvalue weighted by atomic mass is 16.5. The van der Waals surface area contributed by atoms with E-state index in [1.165, 1.54) is 11.8 Å². The van der Waals surface area contributed by atoms with Crippen LogP contribution in [0.25, 0.3) is 0 Å². The average molecular weight is 552 g/mol. The van der Waals surface area contributed by atoms with Crippen LogP contribution in [0.1, 0.15) is 62.7 Å². The molecule has 0 aliphatic heterocycles. The van der Waals surface area contributed by atoms with Crippen molar-refractivity contribution in [2.75, 3.05) is 20.3 Å². The SMILES string of the molecule is COCCNC(=O)c1cccc(N=C2C=C3CCC4C(C(O)CC5(C)C4CCC5(O)C(=O)O)C3(C)CC2C=N)c1. The molecule has 216 valence electrons. The Morgan fingerprint density at radius 3 is 2.73 bits per heavy atom. The molecule has 5 N–H and O–H groups in total. The minimum absolute atomic E-state index is 0.0200. The van der Waals surface area contributed by atoms with Crippen LogP contribution in [0.2, 0.25) is 0 Å². The van der Waals surface area contributed by atoms with Gasteiger partial charge in [-0.2, -0.15) is 0 Å².